The molecule has 0 N–H and O–H groups in total. The molecule has 0 amide bonds. The molecule has 1 unspecified atom stereocenters. The molecule has 1 atom stereocenters. The number of benzene rings is 1. The lowest BCUT2D eigenvalue weighted by Crippen LogP contribution is -2.24. The van der Waals surface area contributed by atoms with E-state index in [4.69, 9.17) is 0 Å². The summed E-state index contributed by atoms with van der Waals surface area (Å²) in [6.07, 6.45) is 5.14. The average Bonchev–Trinajstić information content (AvgIpc) is 2.80. The summed E-state index contributed by atoms with van der Waals surface area (Å²) in [5, 5.41) is 2.90. The second kappa shape index (κ2) is 7.70. The molecular formula is C24H36Si2. The molecule has 26 heavy (non-hydrogen) atoms. The Hall–Kier alpha value is -1.39. The second-order valence-electron chi connectivity index (χ2n) is 9.72. The lowest BCUT2D eigenvalue weighted by Gasteiger charge is -2.25. The quantitative estimate of drug-likeness (QED) is 0.319. The Kier molecular flexibility index (Phi) is 6.19. The molecule has 0 fully saturated rings. The molecule has 1 aromatic carbocycles. The molecule has 0 spiro atoms. The van der Waals surface area contributed by atoms with E-state index in [-0.39, 0.29) is 0 Å². The first-order chi connectivity index (χ1) is 12.0. The number of allylic oxidation sites excluding steroid dienone is 5. The van der Waals surface area contributed by atoms with Crippen molar-refractivity contribution in [3.63, 3.8) is 0 Å². The molecule has 1 aliphatic carbocycles. The molecule has 0 aromatic heterocycles. The SMILES string of the molecule is C=CCC1=C(CC(=C)[Si](C)(C)C)c2ccccc2C1CC(=C)[Si](C)(C)C. The van der Waals surface area contributed by atoms with Gasteiger partial charge in [0.15, 0.2) is 0 Å². The Balaban J connectivity index is 2.51. The molecule has 2 rings (SSSR count). The summed E-state index contributed by atoms with van der Waals surface area (Å²) in [6, 6.07) is 9.00. The minimum absolute atomic E-state index is 0.466. The van der Waals surface area contributed by atoms with E-state index in [1.54, 1.807) is 5.57 Å². The highest BCUT2D eigenvalue weighted by molar-refractivity contribution is 6.83. The fourth-order valence-corrected chi connectivity index (χ4v) is 5.06. The number of fused-ring (bicyclic) bond motifs is 1. The summed E-state index contributed by atoms with van der Waals surface area (Å²) >= 11 is 0. The molecule has 0 nitrogen and oxygen atoms in total. The van der Waals surface area contributed by atoms with Crippen LogP contribution >= 0.6 is 0 Å². The molecule has 0 bridgehead atoms. The van der Waals surface area contributed by atoms with E-state index in [1.807, 2.05) is 0 Å². The van der Waals surface area contributed by atoms with Crippen molar-refractivity contribution in [1.29, 1.82) is 0 Å². The van der Waals surface area contributed by atoms with Crippen LogP contribution in [0.3, 0.4) is 0 Å². The molecule has 0 radical (unpaired) electrons. The number of hydrogen-bond donors (Lipinski definition) is 0. The fraction of sp³-hybridized carbons (Fsp3) is 0.417. The van der Waals surface area contributed by atoms with E-state index in [2.05, 4.69) is 89.4 Å². The zero-order chi connectivity index (χ0) is 19.7. The van der Waals surface area contributed by atoms with Gasteiger partial charge >= 0.3 is 0 Å². The number of rotatable bonds is 8. The van der Waals surface area contributed by atoms with Gasteiger partial charge in [0.25, 0.3) is 0 Å². The van der Waals surface area contributed by atoms with E-state index in [1.165, 1.54) is 27.1 Å². The van der Waals surface area contributed by atoms with Crippen LogP contribution in [0.25, 0.3) is 5.57 Å². The number of hydrogen-bond acceptors (Lipinski definition) is 0. The van der Waals surface area contributed by atoms with Crippen molar-refractivity contribution in [1.82, 2.24) is 0 Å². The van der Waals surface area contributed by atoms with Gasteiger partial charge in [-0.3, -0.25) is 0 Å². The Bertz CT molecular complexity index is 751. The van der Waals surface area contributed by atoms with Crippen molar-refractivity contribution in [2.45, 2.75) is 64.5 Å². The van der Waals surface area contributed by atoms with Gasteiger partial charge in [0.05, 0.1) is 16.1 Å². The maximum absolute atomic E-state index is 4.48. The molecule has 0 aliphatic heterocycles. The monoisotopic (exact) mass is 380 g/mol. The van der Waals surface area contributed by atoms with Gasteiger partial charge in [0, 0.05) is 5.92 Å². The van der Waals surface area contributed by atoms with Crippen molar-refractivity contribution in [3.05, 3.63) is 77.2 Å². The van der Waals surface area contributed by atoms with E-state index in [0.717, 1.165) is 19.3 Å². The van der Waals surface area contributed by atoms with Crippen LogP contribution in [0, 0.1) is 0 Å². The van der Waals surface area contributed by atoms with Crippen LogP contribution in [-0.2, 0) is 0 Å². The largest absolute Gasteiger partial charge is 0.104 e. The summed E-state index contributed by atoms with van der Waals surface area (Å²) in [5.41, 5.74) is 6.00. The van der Waals surface area contributed by atoms with Crippen molar-refractivity contribution in [3.8, 4) is 0 Å². The maximum Gasteiger partial charge on any atom is 0.0721 e. The van der Waals surface area contributed by atoms with Gasteiger partial charge in [-0.15, -0.1) is 19.7 Å². The first kappa shape index (κ1) is 20.9. The maximum atomic E-state index is 4.48. The Labute approximate surface area is 163 Å². The third-order valence-electron chi connectivity index (χ3n) is 5.80. The summed E-state index contributed by atoms with van der Waals surface area (Å²) in [4.78, 5) is 0. The zero-order valence-corrected chi connectivity index (χ0v) is 19.7. The van der Waals surface area contributed by atoms with Crippen LogP contribution in [0.4, 0.5) is 0 Å². The molecule has 0 saturated heterocycles. The molecule has 0 heterocycles. The Morgan fingerprint density at radius 2 is 1.54 bits per heavy atom. The van der Waals surface area contributed by atoms with Gasteiger partial charge < -0.3 is 0 Å². The Morgan fingerprint density at radius 1 is 0.962 bits per heavy atom. The highest BCUT2D eigenvalue weighted by Gasteiger charge is 2.33. The standard InChI is InChI=1S/C24H36Si2/c1-10-13-20-23(16-18(2)25(4,5)6)21-14-11-12-15-22(21)24(20)17-19(3)26(7,8)9/h10-12,14-15,23H,1-3,13,16-17H2,4-9H3. The van der Waals surface area contributed by atoms with E-state index in [0.29, 0.717) is 5.92 Å². The van der Waals surface area contributed by atoms with Gasteiger partial charge in [-0.2, -0.15) is 0 Å². The molecule has 140 valence electrons. The van der Waals surface area contributed by atoms with Crippen molar-refractivity contribution in [2.24, 2.45) is 0 Å². The minimum Gasteiger partial charge on any atom is -0.104 e. The molecule has 0 saturated carbocycles. The van der Waals surface area contributed by atoms with Crippen LogP contribution in [0.15, 0.2) is 66.0 Å². The van der Waals surface area contributed by atoms with Gasteiger partial charge in [-0.05, 0) is 36.0 Å². The van der Waals surface area contributed by atoms with Crippen molar-refractivity contribution in [2.75, 3.05) is 0 Å². The van der Waals surface area contributed by atoms with Crippen LogP contribution in [0.1, 0.15) is 36.3 Å². The third kappa shape index (κ3) is 4.47. The van der Waals surface area contributed by atoms with Gasteiger partial charge in [-0.1, -0.05) is 85.6 Å². The Morgan fingerprint density at radius 3 is 2.08 bits per heavy atom. The second-order valence-corrected chi connectivity index (χ2v) is 20.1. The lowest BCUT2D eigenvalue weighted by molar-refractivity contribution is 0.794. The molecule has 1 aromatic rings. The first-order valence-electron chi connectivity index (χ1n) is 9.75. The summed E-state index contributed by atoms with van der Waals surface area (Å²) < 4.78 is 0. The van der Waals surface area contributed by atoms with Crippen molar-refractivity contribution < 1.29 is 0 Å². The summed E-state index contributed by atoms with van der Waals surface area (Å²) in [5.74, 6) is 0.466. The minimum atomic E-state index is -1.35. The van der Waals surface area contributed by atoms with Gasteiger partial charge in [0.2, 0.25) is 0 Å². The summed E-state index contributed by atoms with van der Waals surface area (Å²) in [7, 11) is -2.69. The first-order valence-corrected chi connectivity index (χ1v) is 16.8. The van der Waals surface area contributed by atoms with E-state index in [9.17, 15) is 0 Å². The van der Waals surface area contributed by atoms with Crippen molar-refractivity contribution >= 4 is 21.7 Å². The predicted molar refractivity (Wildman–Crippen MR) is 125 cm³/mol. The molecular weight excluding hydrogens is 344 g/mol. The topological polar surface area (TPSA) is 0 Å². The highest BCUT2D eigenvalue weighted by atomic mass is 28.3. The molecule has 2 heteroatoms. The smallest absolute Gasteiger partial charge is 0.0721 e. The molecule has 1 aliphatic rings. The van der Waals surface area contributed by atoms with Gasteiger partial charge in [-0.25, -0.2) is 0 Å². The van der Waals surface area contributed by atoms with E-state index >= 15 is 0 Å². The van der Waals surface area contributed by atoms with Crippen LogP contribution in [0.2, 0.25) is 39.3 Å². The highest BCUT2D eigenvalue weighted by Crippen LogP contribution is 2.49. The van der Waals surface area contributed by atoms with E-state index < -0.39 is 16.1 Å². The predicted octanol–water partition coefficient (Wildman–Crippen LogP) is 7.76. The average molecular weight is 381 g/mol. The van der Waals surface area contributed by atoms with Crippen LogP contribution < -0.4 is 0 Å². The summed E-state index contributed by atoms with van der Waals surface area (Å²) in [6.45, 7) is 27.4. The zero-order valence-electron chi connectivity index (χ0n) is 17.7. The van der Waals surface area contributed by atoms with Crippen LogP contribution in [-0.4, -0.2) is 16.1 Å². The van der Waals surface area contributed by atoms with Gasteiger partial charge in [0.1, 0.15) is 0 Å². The van der Waals surface area contributed by atoms with Crippen LogP contribution in [0.5, 0.6) is 0 Å². The normalized spacial score (nSPS) is 17.2. The fourth-order valence-electron chi connectivity index (χ4n) is 3.54. The third-order valence-corrected chi connectivity index (χ3v) is 10.4. The lowest BCUT2D eigenvalue weighted by atomic mass is 9.90.